The van der Waals surface area contributed by atoms with Crippen molar-refractivity contribution in [1.82, 2.24) is 10.2 Å². The summed E-state index contributed by atoms with van der Waals surface area (Å²) in [5, 5.41) is 3.96. The Morgan fingerprint density at radius 1 is 1.10 bits per heavy atom. The summed E-state index contributed by atoms with van der Waals surface area (Å²) in [5.41, 5.74) is 2.01. The number of benzene rings is 2. The Morgan fingerprint density at radius 2 is 1.72 bits per heavy atom. The molecule has 1 unspecified atom stereocenters. The highest BCUT2D eigenvalue weighted by molar-refractivity contribution is 6.35. The van der Waals surface area contributed by atoms with Crippen LogP contribution in [0.2, 0.25) is 10.0 Å². The minimum absolute atomic E-state index is 0.0335. The van der Waals surface area contributed by atoms with Crippen LogP contribution in [0.1, 0.15) is 35.7 Å². The Morgan fingerprint density at radius 3 is 2.34 bits per heavy atom. The molecule has 1 atom stereocenters. The number of carbonyl (C=O) groups excluding carboxylic acids is 2. The summed E-state index contributed by atoms with van der Waals surface area (Å²) in [6.45, 7) is 5.04. The summed E-state index contributed by atoms with van der Waals surface area (Å²) in [4.78, 5) is 29.9. The lowest BCUT2D eigenvalue weighted by Gasteiger charge is -2.45. The van der Waals surface area contributed by atoms with Crippen LogP contribution in [0.4, 0.5) is 5.69 Å². The van der Waals surface area contributed by atoms with Crippen LogP contribution < -0.4 is 10.2 Å². The molecule has 0 aliphatic carbocycles. The SMILES string of the molecule is Cc1ccccc1N1C(C)NC(=O)C12CCN(C(=O)c1cc(Cl)cc(Cl)c1)CC2. The maximum Gasteiger partial charge on any atom is 0.253 e. The predicted molar refractivity (Wildman–Crippen MR) is 116 cm³/mol. The number of carbonyl (C=O) groups is 2. The molecule has 2 fully saturated rings. The van der Waals surface area contributed by atoms with Gasteiger partial charge in [-0.2, -0.15) is 0 Å². The molecule has 1 spiro atoms. The molecule has 29 heavy (non-hydrogen) atoms. The van der Waals surface area contributed by atoms with Gasteiger partial charge in [0.25, 0.3) is 5.91 Å². The molecule has 152 valence electrons. The maximum atomic E-state index is 13.0. The first kappa shape index (κ1) is 20.0. The van der Waals surface area contributed by atoms with E-state index in [1.807, 2.05) is 19.1 Å². The van der Waals surface area contributed by atoms with Gasteiger partial charge in [0.05, 0.1) is 6.17 Å². The van der Waals surface area contributed by atoms with E-state index in [2.05, 4.69) is 29.3 Å². The van der Waals surface area contributed by atoms with Crippen LogP contribution in [-0.2, 0) is 4.79 Å². The minimum Gasteiger partial charge on any atom is -0.338 e. The van der Waals surface area contributed by atoms with Gasteiger partial charge in [0.15, 0.2) is 0 Å². The standard InChI is InChI=1S/C22H23Cl2N3O2/c1-14-5-3-4-6-19(14)27-15(2)25-21(29)22(27)7-9-26(10-8-22)20(28)16-11-17(23)13-18(24)12-16/h3-6,11-13,15H,7-10H2,1-2H3,(H,25,29). The highest BCUT2D eigenvalue weighted by atomic mass is 35.5. The van der Waals surface area contributed by atoms with Gasteiger partial charge in [-0.15, -0.1) is 0 Å². The molecule has 0 aromatic heterocycles. The lowest BCUT2D eigenvalue weighted by molar-refractivity contribution is -0.125. The fourth-order valence-electron chi connectivity index (χ4n) is 4.55. The minimum atomic E-state index is -0.645. The Labute approximate surface area is 180 Å². The number of hydrogen-bond donors (Lipinski definition) is 1. The van der Waals surface area contributed by atoms with Gasteiger partial charge < -0.3 is 15.1 Å². The van der Waals surface area contributed by atoms with Gasteiger partial charge in [-0.3, -0.25) is 9.59 Å². The number of para-hydroxylation sites is 1. The zero-order valence-corrected chi connectivity index (χ0v) is 17.9. The van der Waals surface area contributed by atoms with Gasteiger partial charge in [-0.05, 0) is 56.5 Å². The summed E-state index contributed by atoms with van der Waals surface area (Å²) in [6.07, 6.45) is 1.03. The normalized spacial score (nSPS) is 20.8. The molecule has 0 bridgehead atoms. The van der Waals surface area contributed by atoms with Crippen molar-refractivity contribution in [3.8, 4) is 0 Å². The topological polar surface area (TPSA) is 52.7 Å². The van der Waals surface area contributed by atoms with Crippen LogP contribution in [0.5, 0.6) is 0 Å². The second-order valence-electron chi connectivity index (χ2n) is 7.79. The van der Waals surface area contributed by atoms with Crippen LogP contribution in [0, 0.1) is 6.92 Å². The van der Waals surface area contributed by atoms with Crippen molar-refractivity contribution in [3.05, 3.63) is 63.6 Å². The smallest absolute Gasteiger partial charge is 0.253 e. The van der Waals surface area contributed by atoms with Crippen LogP contribution in [0.15, 0.2) is 42.5 Å². The molecule has 2 saturated heterocycles. The lowest BCUT2D eigenvalue weighted by Crippen LogP contribution is -2.58. The number of halogens is 2. The molecule has 2 aliphatic heterocycles. The van der Waals surface area contributed by atoms with Crippen molar-refractivity contribution in [2.45, 2.75) is 38.4 Å². The third-order valence-electron chi connectivity index (χ3n) is 5.97. The molecule has 7 heteroatoms. The van der Waals surface area contributed by atoms with Crippen molar-refractivity contribution < 1.29 is 9.59 Å². The van der Waals surface area contributed by atoms with E-state index in [-0.39, 0.29) is 18.0 Å². The molecule has 4 rings (SSSR count). The third kappa shape index (κ3) is 3.47. The number of nitrogens with one attached hydrogen (secondary N) is 1. The molecule has 0 saturated carbocycles. The summed E-state index contributed by atoms with van der Waals surface area (Å²) in [6, 6.07) is 13.0. The molecule has 2 aromatic rings. The van der Waals surface area contributed by atoms with Gasteiger partial charge in [0.1, 0.15) is 5.54 Å². The molecule has 5 nitrogen and oxygen atoms in total. The van der Waals surface area contributed by atoms with Crippen molar-refractivity contribution in [1.29, 1.82) is 0 Å². The first-order valence-corrected chi connectivity index (χ1v) is 10.5. The lowest BCUT2D eigenvalue weighted by atomic mass is 9.85. The van der Waals surface area contributed by atoms with E-state index < -0.39 is 5.54 Å². The second kappa shape index (κ2) is 7.54. The summed E-state index contributed by atoms with van der Waals surface area (Å²) < 4.78 is 0. The van der Waals surface area contributed by atoms with Gasteiger partial charge in [0.2, 0.25) is 5.91 Å². The van der Waals surface area contributed by atoms with Crippen LogP contribution in [-0.4, -0.2) is 41.5 Å². The van der Waals surface area contributed by atoms with Crippen molar-refractivity contribution in [2.24, 2.45) is 0 Å². The van der Waals surface area contributed by atoms with E-state index in [1.165, 1.54) is 0 Å². The fraction of sp³-hybridized carbons (Fsp3) is 0.364. The van der Waals surface area contributed by atoms with Crippen molar-refractivity contribution >= 4 is 40.7 Å². The molecule has 2 aliphatic rings. The fourth-order valence-corrected chi connectivity index (χ4v) is 5.08. The molecule has 1 N–H and O–H groups in total. The van der Waals surface area contributed by atoms with Crippen LogP contribution in [0.3, 0.4) is 0 Å². The van der Waals surface area contributed by atoms with Gasteiger partial charge in [-0.1, -0.05) is 41.4 Å². The highest BCUT2D eigenvalue weighted by Crippen LogP contribution is 2.40. The van der Waals surface area contributed by atoms with Crippen molar-refractivity contribution in [3.63, 3.8) is 0 Å². The molecular formula is C22H23Cl2N3O2. The monoisotopic (exact) mass is 431 g/mol. The number of nitrogens with zero attached hydrogens (tertiary/aromatic N) is 2. The van der Waals surface area contributed by atoms with Gasteiger partial charge >= 0.3 is 0 Å². The highest BCUT2D eigenvalue weighted by Gasteiger charge is 2.53. The number of amides is 2. The quantitative estimate of drug-likeness (QED) is 0.772. The van der Waals surface area contributed by atoms with E-state index in [1.54, 1.807) is 23.1 Å². The average Bonchev–Trinajstić information content (AvgIpc) is 2.91. The van der Waals surface area contributed by atoms with Gasteiger partial charge in [-0.25, -0.2) is 0 Å². The Bertz CT molecular complexity index is 950. The number of hydrogen-bond acceptors (Lipinski definition) is 3. The number of anilines is 1. The Balaban J connectivity index is 1.59. The van der Waals surface area contributed by atoms with Crippen molar-refractivity contribution in [2.75, 3.05) is 18.0 Å². The molecular weight excluding hydrogens is 409 g/mol. The number of aryl methyl sites for hydroxylation is 1. The van der Waals surface area contributed by atoms with E-state index in [0.29, 0.717) is 41.5 Å². The Kier molecular flexibility index (Phi) is 5.21. The second-order valence-corrected chi connectivity index (χ2v) is 8.66. The zero-order chi connectivity index (χ0) is 20.8. The molecule has 2 aromatic carbocycles. The number of rotatable bonds is 2. The zero-order valence-electron chi connectivity index (χ0n) is 16.4. The maximum absolute atomic E-state index is 13.0. The van der Waals surface area contributed by atoms with Gasteiger partial charge in [0, 0.05) is 34.4 Å². The predicted octanol–water partition coefficient (Wildman–Crippen LogP) is 4.26. The van der Waals surface area contributed by atoms with E-state index >= 15 is 0 Å². The van der Waals surface area contributed by atoms with Crippen LogP contribution >= 0.6 is 23.2 Å². The first-order chi connectivity index (χ1) is 13.8. The third-order valence-corrected chi connectivity index (χ3v) is 6.41. The summed E-state index contributed by atoms with van der Waals surface area (Å²) in [7, 11) is 0. The van der Waals surface area contributed by atoms with E-state index in [0.717, 1.165) is 11.3 Å². The summed E-state index contributed by atoms with van der Waals surface area (Å²) in [5.74, 6) is -0.0794. The molecule has 2 heterocycles. The number of likely N-dealkylation sites (tertiary alicyclic amines) is 1. The summed E-state index contributed by atoms with van der Waals surface area (Å²) >= 11 is 12.1. The Hall–Kier alpha value is -2.24. The number of piperidine rings is 1. The average molecular weight is 432 g/mol. The first-order valence-electron chi connectivity index (χ1n) is 9.73. The molecule has 2 amide bonds. The van der Waals surface area contributed by atoms with E-state index in [9.17, 15) is 9.59 Å². The van der Waals surface area contributed by atoms with E-state index in [4.69, 9.17) is 23.2 Å². The molecule has 0 radical (unpaired) electrons. The van der Waals surface area contributed by atoms with Crippen LogP contribution in [0.25, 0.3) is 0 Å². The largest absolute Gasteiger partial charge is 0.338 e.